The maximum absolute atomic E-state index is 11.0. The van der Waals surface area contributed by atoms with Gasteiger partial charge in [0.1, 0.15) is 6.29 Å². The number of para-hydroxylation sites is 1. The van der Waals surface area contributed by atoms with E-state index in [0.29, 0.717) is 34.1 Å². The second-order valence-corrected chi connectivity index (χ2v) is 6.20. The lowest BCUT2D eigenvalue weighted by Gasteiger charge is -1.95. The molecule has 0 saturated carbocycles. The molecule has 5 aromatic rings. The summed E-state index contributed by atoms with van der Waals surface area (Å²) in [7, 11) is 0. The molecule has 9 heteroatoms. The maximum atomic E-state index is 11.0. The summed E-state index contributed by atoms with van der Waals surface area (Å²) in [5.74, 6) is 0.881. The molecule has 0 spiro atoms. The minimum absolute atomic E-state index is 0.396. The Kier molecular flexibility index (Phi) is 3.58. The Bertz CT molecular complexity index is 1360. The van der Waals surface area contributed by atoms with Crippen molar-refractivity contribution in [3.63, 3.8) is 0 Å². The summed E-state index contributed by atoms with van der Waals surface area (Å²) in [6.07, 6.45) is 0.789. The van der Waals surface area contributed by atoms with E-state index in [1.807, 2.05) is 37.3 Å². The normalized spacial score (nSPS) is 11.8. The van der Waals surface area contributed by atoms with Crippen molar-refractivity contribution in [1.82, 2.24) is 25.0 Å². The molecule has 0 bridgehead atoms. The van der Waals surface area contributed by atoms with Crippen LogP contribution in [-0.4, -0.2) is 31.3 Å². The van der Waals surface area contributed by atoms with E-state index in [-0.39, 0.29) is 0 Å². The van der Waals surface area contributed by atoms with Crippen molar-refractivity contribution in [2.45, 2.75) is 6.92 Å². The zero-order valence-electron chi connectivity index (χ0n) is 14.7. The molecule has 136 valence electrons. The first-order valence-electron chi connectivity index (χ1n) is 8.50. The second kappa shape index (κ2) is 6.23. The van der Waals surface area contributed by atoms with Crippen LogP contribution in [0.2, 0.25) is 0 Å². The molecule has 0 aliphatic carbocycles. The van der Waals surface area contributed by atoms with Gasteiger partial charge in [-0.1, -0.05) is 35.5 Å². The fourth-order valence-electron chi connectivity index (χ4n) is 2.96. The van der Waals surface area contributed by atoms with E-state index in [9.17, 15) is 4.79 Å². The monoisotopic (exact) mass is 371 g/mol. The van der Waals surface area contributed by atoms with Crippen LogP contribution in [0.15, 0.2) is 63.3 Å². The van der Waals surface area contributed by atoms with Gasteiger partial charge in [-0.15, -0.1) is 15.3 Å². The Hall–Kier alpha value is -4.14. The molecule has 0 aliphatic heterocycles. The van der Waals surface area contributed by atoms with Gasteiger partial charge in [-0.3, -0.25) is 9.89 Å². The number of hydrogen-bond donors (Lipinski definition) is 1. The molecule has 3 aromatic heterocycles. The van der Waals surface area contributed by atoms with E-state index >= 15 is 0 Å². The molecule has 0 saturated heterocycles. The fraction of sp³-hybridized carbons (Fsp3) is 0.0526. The third kappa shape index (κ3) is 2.57. The zero-order valence-corrected chi connectivity index (χ0v) is 14.7. The predicted octanol–water partition coefficient (Wildman–Crippen LogP) is 4.40. The van der Waals surface area contributed by atoms with Crippen molar-refractivity contribution < 1.29 is 9.32 Å². The quantitative estimate of drug-likeness (QED) is 0.371. The highest BCUT2D eigenvalue weighted by molar-refractivity contribution is 5.86. The number of rotatable bonds is 4. The van der Waals surface area contributed by atoms with E-state index in [0.717, 1.165) is 22.9 Å². The highest BCUT2D eigenvalue weighted by Gasteiger charge is 2.15. The highest BCUT2D eigenvalue weighted by atomic mass is 16.5. The van der Waals surface area contributed by atoms with Gasteiger partial charge in [0.25, 0.3) is 0 Å². The van der Waals surface area contributed by atoms with Gasteiger partial charge in [-0.2, -0.15) is 4.63 Å². The third-order valence-electron chi connectivity index (χ3n) is 4.33. The Labute approximate surface area is 157 Å². The first-order valence-corrected chi connectivity index (χ1v) is 8.50. The fourth-order valence-corrected chi connectivity index (χ4v) is 2.96. The van der Waals surface area contributed by atoms with Gasteiger partial charge in [0.05, 0.1) is 11.1 Å². The summed E-state index contributed by atoms with van der Waals surface area (Å²) in [5, 5.41) is 20.8. The van der Waals surface area contributed by atoms with E-state index in [1.165, 1.54) is 4.63 Å². The van der Waals surface area contributed by atoms with Crippen LogP contribution in [0.25, 0.3) is 28.0 Å². The molecule has 3 heterocycles. The van der Waals surface area contributed by atoms with Crippen LogP contribution in [0.3, 0.4) is 0 Å². The number of H-pyrrole nitrogens is 1. The number of hydrogen-bond acceptors (Lipinski definition) is 7. The standard InChI is InChI=1S/C19H13N7O2/c1-11-16(21-22-18-14-7-2-3-8-15(14)28-25-18)19-20-17(24-26(19)23-11)13-6-4-5-12(9-13)10-27/h2-10,23H,1H3. The number of aromatic nitrogens is 5. The molecular formula is C19H13N7O2. The second-order valence-electron chi connectivity index (χ2n) is 6.20. The number of azo groups is 1. The van der Waals surface area contributed by atoms with Gasteiger partial charge >= 0.3 is 0 Å². The van der Waals surface area contributed by atoms with Crippen LogP contribution >= 0.6 is 0 Å². The average Bonchev–Trinajstić information content (AvgIpc) is 3.40. The van der Waals surface area contributed by atoms with E-state index in [4.69, 9.17) is 4.52 Å². The van der Waals surface area contributed by atoms with Gasteiger partial charge in [-0.25, -0.2) is 4.98 Å². The number of carbonyl (C=O) groups excluding carboxylic acids is 1. The minimum atomic E-state index is 0.396. The van der Waals surface area contributed by atoms with Crippen molar-refractivity contribution in [2.75, 3.05) is 0 Å². The summed E-state index contributed by atoms with van der Waals surface area (Å²) in [5.41, 5.74) is 3.79. The number of aryl methyl sites for hydroxylation is 1. The van der Waals surface area contributed by atoms with E-state index < -0.39 is 0 Å². The molecule has 5 rings (SSSR count). The van der Waals surface area contributed by atoms with Gasteiger partial charge in [0, 0.05) is 11.1 Å². The lowest BCUT2D eigenvalue weighted by molar-refractivity contribution is 0.112. The van der Waals surface area contributed by atoms with Crippen LogP contribution in [0.1, 0.15) is 16.1 Å². The number of nitrogens with one attached hydrogen (secondary N) is 1. The molecule has 1 N–H and O–H groups in total. The minimum Gasteiger partial charge on any atom is -0.354 e. The van der Waals surface area contributed by atoms with Crippen molar-refractivity contribution in [1.29, 1.82) is 0 Å². The van der Waals surface area contributed by atoms with Crippen LogP contribution in [0.4, 0.5) is 11.5 Å². The molecule has 0 radical (unpaired) electrons. The van der Waals surface area contributed by atoms with E-state index in [1.54, 1.807) is 18.2 Å². The maximum Gasteiger partial charge on any atom is 0.224 e. The Morgan fingerprint density at radius 3 is 2.93 bits per heavy atom. The molecule has 0 fully saturated rings. The molecular weight excluding hydrogens is 358 g/mol. The lowest BCUT2D eigenvalue weighted by Crippen LogP contribution is -1.89. The van der Waals surface area contributed by atoms with Crippen LogP contribution in [-0.2, 0) is 0 Å². The molecule has 0 amide bonds. The SMILES string of the molecule is Cc1[nH]n2nc(-c3cccc(C=O)c3)nc2c1N=Nc1noc2ccccc12. The first kappa shape index (κ1) is 16.1. The highest BCUT2D eigenvalue weighted by Crippen LogP contribution is 2.30. The van der Waals surface area contributed by atoms with Crippen molar-refractivity contribution in [3.05, 3.63) is 59.8 Å². The first-order chi connectivity index (χ1) is 13.7. The van der Waals surface area contributed by atoms with Crippen LogP contribution in [0.5, 0.6) is 0 Å². The Morgan fingerprint density at radius 2 is 2.04 bits per heavy atom. The number of aromatic amines is 1. The summed E-state index contributed by atoms with van der Waals surface area (Å²) in [6.45, 7) is 1.86. The smallest absolute Gasteiger partial charge is 0.224 e. The average molecular weight is 371 g/mol. The lowest BCUT2D eigenvalue weighted by atomic mass is 10.1. The molecule has 28 heavy (non-hydrogen) atoms. The number of aldehydes is 1. The Balaban J connectivity index is 1.56. The predicted molar refractivity (Wildman–Crippen MR) is 101 cm³/mol. The van der Waals surface area contributed by atoms with Gasteiger partial charge in [0.15, 0.2) is 17.1 Å². The summed E-state index contributed by atoms with van der Waals surface area (Å²) in [6, 6.07) is 14.5. The number of nitrogens with zero attached hydrogens (tertiary/aromatic N) is 6. The zero-order chi connectivity index (χ0) is 19.1. The number of carbonyl (C=O) groups is 1. The van der Waals surface area contributed by atoms with Crippen molar-refractivity contribution in [3.8, 4) is 11.4 Å². The van der Waals surface area contributed by atoms with Crippen molar-refractivity contribution in [2.24, 2.45) is 10.2 Å². The number of benzene rings is 2. The topological polar surface area (TPSA) is 114 Å². The molecule has 0 unspecified atom stereocenters. The molecule has 0 atom stereocenters. The molecule has 0 aliphatic rings. The Morgan fingerprint density at radius 1 is 1.14 bits per heavy atom. The molecule has 9 nitrogen and oxygen atoms in total. The summed E-state index contributed by atoms with van der Waals surface area (Å²) < 4.78 is 6.78. The third-order valence-corrected chi connectivity index (χ3v) is 4.33. The van der Waals surface area contributed by atoms with Gasteiger partial charge < -0.3 is 4.52 Å². The molecule has 2 aromatic carbocycles. The summed E-state index contributed by atoms with van der Waals surface area (Å²) in [4.78, 5) is 15.6. The van der Waals surface area contributed by atoms with Crippen LogP contribution in [0, 0.1) is 6.92 Å². The van der Waals surface area contributed by atoms with Gasteiger partial charge in [0.2, 0.25) is 11.5 Å². The summed E-state index contributed by atoms with van der Waals surface area (Å²) >= 11 is 0. The van der Waals surface area contributed by atoms with Crippen molar-refractivity contribution >= 4 is 34.4 Å². The van der Waals surface area contributed by atoms with E-state index in [2.05, 4.69) is 30.6 Å². The number of fused-ring (bicyclic) bond motifs is 2. The van der Waals surface area contributed by atoms with Crippen LogP contribution < -0.4 is 0 Å². The largest absolute Gasteiger partial charge is 0.354 e. The van der Waals surface area contributed by atoms with Gasteiger partial charge in [-0.05, 0) is 25.1 Å².